The van der Waals surface area contributed by atoms with Crippen molar-refractivity contribution in [3.8, 4) is 0 Å². The molecule has 0 bridgehead atoms. The molecule has 0 aromatic heterocycles. The highest BCUT2D eigenvalue weighted by Crippen LogP contribution is 2.34. The summed E-state index contributed by atoms with van der Waals surface area (Å²) < 4.78 is 0. The second-order valence-corrected chi connectivity index (χ2v) is 4.44. The van der Waals surface area contributed by atoms with E-state index in [1.807, 2.05) is 6.92 Å². The second kappa shape index (κ2) is 3.26. The predicted molar refractivity (Wildman–Crippen MR) is 49.6 cm³/mol. The van der Waals surface area contributed by atoms with Crippen LogP contribution in [0.3, 0.4) is 0 Å². The Hall–Kier alpha value is -1.06. The zero-order chi connectivity index (χ0) is 10.3. The molecule has 4 nitrogen and oxygen atoms in total. The topological polar surface area (TPSA) is 57.6 Å². The number of likely N-dealkylation sites (tertiary alicyclic amines) is 1. The number of hydrogen-bond acceptors (Lipinski definition) is 2. The van der Waals surface area contributed by atoms with Gasteiger partial charge in [-0.25, -0.2) is 0 Å². The first kappa shape index (κ1) is 9.49. The lowest BCUT2D eigenvalue weighted by molar-refractivity contribution is -0.142. The number of hydrogen-bond donors (Lipinski definition) is 1. The van der Waals surface area contributed by atoms with E-state index >= 15 is 0 Å². The quantitative estimate of drug-likeness (QED) is 0.704. The van der Waals surface area contributed by atoms with Crippen LogP contribution >= 0.6 is 0 Å². The number of rotatable bonds is 2. The highest BCUT2D eigenvalue weighted by atomic mass is 16.4. The van der Waals surface area contributed by atoms with E-state index in [1.165, 1.54) is 0 Å². The lowest BCUT2D eigenvalue weighted by Gasteiger charge is -2.14. The van der Waals surface area contributed by atoms with Gasteiger partial charge in [-0.15, -0.1) is 0 Å². The normalized spacial score (nSPS) is 31.9. The molecule has 0 radical (unpaired) electrons. The van der Waals surface area contributed by atoms with Crippen molar-refractivity contribution in [1.29, 1.82) is 0 Å². The first-order chi connectivity index (χ1) is 6.59. The minimum Gasteiger partial charge on any atom is -0.481 e. The van der Waals surface area contributed by atoms with Crippen LogP contribution in [0.25, 0.3) is 0 Å². The number of aliphatic carboxylic acids is 1. The van der Waals surface area contributed by atoms with Crippen molar-refractivity contribution in [3.05, 3.63) is 0 Å². The van der Waals surface area contributed by atoms with Gasteiger partial charge in [0.25, 0.3) is 0 Å². The zero-order valence-electron chi connectivity index (χ0n) is 8.27. The van der Waals surface area contributed by atoms with Crippen LogP contribution in [-0.4, -0.2) is 35.0 Å². The van der Waals surface area contributed by atoms with E-state index in [2.05, 4.69) is 0 Å². The molecule has 0 aromatic rings. The molecule has 0 unspecified atom stereocenters. The zero-order valence-corrected chi connectivity index (χ0v) is 8.27. The van der Waals surface area contributed by atoms with Gasteiger partial charge in [0.2, 0.25) is 5.91 Å². The Kier molecular flexibility index (Phi) is 2.21. The fourth-order valence-corrected chi connectivity index (χ4v) is 2.06. The standard InChI is InChI=1S/C10H15NO3/c1-6-4-11(5-8(6)10(13)14)9(12)7-2-3-7/h6-8H,2-5H2,1H3,(H,13,14)/t6-,8-/m1/s1. The van der Waals surface area contributed by atoms with Gasteiger partial charge < -0.3 is 10.0 Å². The Bertz CT molecular complexity index is 273. The van der Waals surface area contributed by atoms with Gasteiger partial charge in [0, 0.05) is 19.0 Å². The third-order valence-electron chi connectivity index (χ3n) is 3.17. The summed E-state index contributed by atoms with van der Waals surface area (Å²) in [5, 5.41) is 8.90. The fraction of sp³-hybridized carbons (Fsp3) is 0.800. The van der Waals surface area contributed by atoms with E-state index in [4.69, 9.17) is 5.11 Å². The molecule has 1 saturated heterocycles. The Morgan fingerprint density at radius 2 is 1.93 bits per heavy atom. The largest absolute Gasteiger partial charge is 0.481 e. The maximum Gasteiger partial charge on any atom is 0.308 e. The van der Waals surface area contributed by atoms with Gasteiger partial charge in [-0.05, 0) is 18.8 Å². The van der Waals surface area contributed by atoms with E-state index < -0.39 is 5.97 Å². The van der Waals surface area contributed by atoms with Crippen LogP contribution in [-0.2, 0) is 9.59 Å². The van der Waals surface area contributed by atoms with Gasteiger partial charge in [-0.1, -0.05) is 6.92 Å². The van der Waals surface area contributed by atoms with Crippen LogP contribution in [0.15, 0.2) is 0 Å². The van der Waals surface area contributed by atoms with E-state index in [0.29, 0.717) is 13.1 Å². The van der Waals surface area contributed by atoms with E-state index in [1.54, 1.807) is 4.90 Å². The summed E-state index contributed by atoms with van der Waals surface area (Å²) in [6.45, 7) is 2.93. The van der Waals surface area contributed by atoms with Crippen LogP contribution in [0.2, 0.25) is 0 Å². The first-order valence-corrected chi connectivity index (χ1v) is 5.11. The highest BCUT2D eigenvalue weighted by Gasteiger charge is 2.41. The molecule has 2 aliphatic rings. The molecule has 2 rings (SSSR count). The predicted octanol–water partition coefficient (Wildman–Crippen LogP) is 0.575. The molecule has 1 amide bonds. The number of carbonyl (C=O) groups is 2. The minimum atomic E-state index is -0.774. The Balaban J connectivity index is 1.97. The molecule has 1 aliphatic carbocycles. The van der Waals surface area contributed by atoms with Crippen LogP contribution in [0.5, 0.6) is 0 Å². The summed E-state index contributed by atoms with van der Waals surface area (Å²) in [5.74, 6) is -0.674. The van der Waals surface area contributed by atoms with Crippen molar-refractivity contribution in [3.63, 3.8) is 0 Å². The maximum atomic E-state index is 11.7. The molecule has 0 aromatic carbocycles. The monoisotopic (exact) mass is 197 g/mol. The molecule has 78 valence electrons. The van der Waals surface area contributed by atoms with Crippen LogP contribution in [0.1, 0.15) is 19.8 Å². The molecule has 1 saturated carbocycles. The van der Waals surface area contributed by atoms with Crippen molar-refractivity contribution in [2.75, 3.05) is 13.1 Å². The molecule has 0 spiro atoms. The van der Waals surface area contributed by atoms with Gasteiger partial charge in [-0.3, -0.25) is 9.59 Å². The summed E-state index contributed by atoms with van der Waals surface area (Å²) in [6.07, 6.45) is 1.98. The van der Waals surface area contributed by atoms with Crippen molar-refractivity contribution < 1.29 is 14.7 Å². The van der Waals surface area contributed by atoms with E-state index in [-0.39, 0.29) is 23.7 Å². The maximum absolute atomic E-state index is 11.7. The van der Waals surface area contributed by atoms with Crippen molar-refractivity contribution in [2.24, 2.45) is 17.8 Å². The average molecular weight is 197 g/mol. The lowest BCUT2D eigenvalue weighted by Crippen LogP contribution is -2.31. The van der Waals surface area contributed by atoms with Gasteiger partial charge in [0.1, 0.15) is 0 Å². The third-order valence-corrected chi connectivity index (χ3v) is 3.17. The Morgan fingerprint density at radius 1 is 1.29 bits per heavy atom. The smallest absolute Gasteiger partial charge is 0.308 e. The summed E-state index contributed by atoms with van der Waals surface area (Å²) in [6, 6.07) is 0. The van der Waals surface area contributed by atoms with E-state index in [0.717, 1.165) is 12.8 Å². The molecule has 4 heteroatoms. The third kappa shape index (κ3) is 1.61. The van der Waals surface area contributed by atoms with Crippen LogP contribution in [0, 0.1) is 17.8 Å². The molecule has 2 fully saturated rings. The lowest BCUT2D eigenvalue weighted by atomic mass is 9.99. The number of carbonyl (C=O) groups excluding carboxylic acids is 1. The second-order valence-electron chi connectivity index (χ2n) is 4.44. The highest BCUT2D eigenvalue weighted by molar-refractivity contribution is 5.82. The Morgan fingerprint density at radius 3 is 2.36 bits per heavy atom. The Labute approximate surface area is 82.9 Å². The fourth-order valence-electron chi connectivity index (χ4n) is 2.06. The van der Waals surface area contributed by atoms with Crippen molar-refractivity contribution >= 4 is 11.9 Å². The summed E-state index contributed by atoms with van der Waals surface area (Å²) in [5.41, 5.74) is 0. The van der Waals surface area contributed by atoms with Crippen LogP contribution < -0.4 is 0 Å². The molecule has 14 heavy (non-hydrogen) atoms. The van der Waals surface area contributed by atoms with E-state index in [9.17, 15) is 9.59 Å². The molecular weight excluding hydrogens is 182 g/mol. The molecule has 1 aliphatic heterocycles. The molecule has 1 N–H and O–H groups in total. The SMILES string of the molecule is C[C@@H]1CN(C(=O)C2CC2)C[C@H]1C(=O)O. The van der Waals surface area contributed by atoms with Gasteiger partial charge in [-0.2, -0.15) is 0 Å². The number of carboxylic acid groups (broad SMARTS) is 1. The first-order valence-electron chi connectivity index (χ1n) is 5.11. The van der Waals surface area contributed by atoms with Gasteiger partial charge in [0.15, 0.2) is 0 Å². The molecular formula is C10H15NO3. The summed E-state index contributed by atoms with van der Waals surface area (Å²) in [4.78, 5) is 24.2. The summed E-state index contributed by atoms with van der Waals surface area (Å²) in [7, 11) is 0. The minimum absolute atomic E-state index is 0.0928. The molecule has 1 heterocycles. The van der Waals surface area contributed by atoms with Gasteiger partial charge in [0.05, 0.1) is 5.92 Å². The average Bonchev–Trinajstić information content (AvgIpc) is 2.88. The van der Waals surface area contributed by atoms with Gasteiger partial charge >= 0.3 is 5.97 Å². The van der Waals surface area contributed by atoms with Crippen LogP contribution in [0.4, 0.5) is 0 Å². The number of carboxylic acids is 1. The van der Waals surface area contributed by atoms with Crippen molar-refractivity contribution in [2.45, 2.75) is 19.8 Å². The number of amides is 1. The number of nitrogens with zero attached hydrogens (tertiary/aromatic N) is 1. The summed E-state index contributed by atoms with van der Waals surface area (Å²) >= 11 is 0. The molecule has 2 atom stereocenters. The van der Waals surface area contributed by atoms with Crippen molar-refractivity contribution in [1.82, 2.24) is 4.90 Å².